The van der Waals surface area contributed by atoms with Gasteiger partial charge in [-0.2, -0.15) is 0 Å². The van der Waals surface area contributed by atoms with Crippen molar-refractivity contribution in [2.75, 3.05) is 45.7 Å². The number of primary amides is 1. The van der Waals surface area contributed by atoms with E-state index < -0.39 is 10.8 Å². The average Bonchev–Trinajstić information content (AvgIpc) is 2.41. The lowest BCUT2D eigenvalue weighted by Gasteiger charge is -2.11. The molecule has 0 bridgehead atoms. The van der Waals surface area contributed by atoms with Gasteiger partial charge in [-0.25, -0.2) is 0 Å². The number of likely N-dealkylation sites (N-methyl/N-ethyl adjacent to an activating group) is 1. The third kappa shape index (κ3) is 5.76. The van der Waals surface area contributed by atoms with Crippen molar-refractivity contribution in [3.63, 3.8) is 0 Å². The molecule has 1 aromatic carbocycles. The molecule has 1 rings (SSSR count). The molecular weight excluding hydrogens is 276 g/mol. The van der Waals surface area contributed by atoms with Gasteiger partial charge in [0.25, 0.3) is 5.69 Å². The van der Waals surface area contributed by atoms with Crippen LogP contribution in [0.3, 0.4) is 0 Å². The molecule has 0 unspecified atom stereocenters. The van der Waals surface area contributed by atoms with E-state index in [0.29, 0.717) is 19.8 Å². The predicted molar refractivity (Wildman–Crippen MR) is 79.5 cm³/mol. The van der Waals surface area contributed by atoms with Crippen molar-refractivity contribution in [2.24, 2.45) is 5.73 Å². The molecular formula is C13H20N4O4. The summed E-state index contributed by atoms with van der Waals surface area (Å²) < 4.78 is 5.38. The van der Waals surface area contributed by atoms with Gasteiger partial charge in [0.05, 0.1) is 18.1 Å². The Kier molecular flexibility index (Phi) is 6.57. The lowest BCUT2D eigenvalue weighted by Crippen LogP contribution is -2.20. The Bertz CT molecular complexity index is 505. The molecule has 8 nitrogen and oxygen atoms in total. The summed E-state index contributed by atoms with van der Waals surface area (Å²) in [6.45, 7) is 2.19. The highest BCUT2D eigenvalue weighted by Crippen LogP contribution is 2.25. The van der Waals surface area contributed by atoms with Gasteiger partial charge in [0.2, 0.25) is 5.91 Å². The molecule has 0 radical (unpaired) electrons. The summed E-state index contributed by atoms with van der Waals surface area (Å²) in [5.41, 5.74) is 5.54. The fourth-order valence-electron chi connectivity index (χ4n) is 1.60. The Morgan fingerprint density at radius 1 is 1.43 bits per heavy atom. The van der Waals surface area contributed by atoms with E-state index in [1.807, 2.05) is 19.0 Å². The van der Waals surface area contributed by atoms with Crippen molar-refractivity contribution in [1.82, 2.24) is 4.90 Å². The molecule has 116 valence electrons. The van der Waals surface area contributed by atoms with Gasteiger partial charge in [-0.05, 0) is 26.2 Å². The molecule has 0 spiro atoms. The summed E-state index contributed by atoms with van der Waals surface area (Å²) in [5.74, 6) is -0.629. The number of benzene rings is 1. The van der Waals surface area contributed by atoms with Crippen LogP contribution in [0.2, 0.25) is 0 Å². The summed E-state index contributed by atoms with van der Waals surface area (Å²) in [6, 6.07) is 3.97. The van der Waals surface area contributed by atoms with E-state index in [0.717, 1.165) is 6.54 Å². The zero-order chi connectivity index (χ0) is 15.8. The Morgan fingerprint density at radius 2 is 2.14 bits per heavy atom. The number of carbonyl (C=O) groups is 1. The Hall–Kier alpha value is -2.19. The van der Waals surface area contributed by atoms with Crippen LogP contribution in [-0.2, 0) is 4.74 Å². The molecule has 0 fully saturated rings. The van der Waals surface area contributed by atoms with Crippen molar-refractivity contribution in [3.8, 4) is 0 Å². The predicted octanol–water partition coefficient (Wildman–Crippen LogP) is 0.684. The number of hydrogen-bond acceptors (Lipinski definition) is 6. The molecule has 0 aliphatic rings. The summed E-state index contributed by atoms with van der Waals surface area (Å²) in [4.78, 5) is 23.5. The summed E-state index contributed by atoms with van der Waals surface area (Å²) in [5, 5.41) is 13.8. The van der Waals surface area contributed by atoms with Crippen LogP contribution in [-0.4, -0.2) is 56.1 Å². The van der Waals surface area contributed by atoms with Crippen molar-refractivity contribution in [1.29, 1.82) is 0 Å². The number of anilines is 1. The van der Waals surface area contributed by atoms with E-state index in [1.54, 1.807) is 0 Å². The first-order valence-electron chi connectivity index (χ1n) is 6.46. The van der Waals surface area contributed by atoms with Crippen molar-refractivity contribution < 1.29 is 14.5 Å². The molecule has 0 saturated carbocycles. The molecule has 0 atom stereocenters. The molecule has 0 saturated heterocycles. The molecule has 3 N–H and O–H groups in total. The molecule has 0 aliphatic heterocycles. The van der Waals surface area contributed by atoms with Crippen LogP contribution in [0, 0.1) is 10.1 Å². The van der Waals surface area contributed by atoms with Crippen LogP contribution in [0.5, 0.6) is 0 Å². The zero-order valence-corrected chi connectivity index (χ0v) is 12.2. The standard InChI is InChI=1S/C13H20N4O4/c1-16(2)6-8-21-7-5-15-11-9-10(13(14)18)3-4-12(11)17(19)20/h3-4,9,15H,5-8H2,1-2H3,(H2,14,18). The number of ether oxygens (including phenoxy) is 1. The minimum atomic E-state index is -0.629. The maximum Gasteiger partial charge on any atom is 0.292 e. The molecule has 0 aromatic heterocycles. The van der Waals surface area contributed by atoms with Gasteiger partial charge in [-0.1, -0.05) is 0 Å². The first kappa shape index (κ1) is 16.9. The maximum atomic E-state index is 11.1. The van der Waals surface area contributed by atoms with E-state index in [1.165, 1.54) is 18.2 Å². The zero-order valence-electron chi connectivity index (χ0n) is 12.2. The topological polar surface area (TPSA) is 111 Å². The Labute approximate surface area is 123 Å². The second kappa shape index (κ2) is 8.18. The fourth-order valence-corrected chi connectivity index (χ4v) is 1.60. The highest BCUT2D eigenvalue weighted by molar-refractivity contribution is 5.94. The summed E-state index contributed by atoms with van der Waals surface area (Å²) in [7, 11) is 3.89. The van der Waals surface area contributed by atoms with Crippen LogP contribution in [0.25, 0.3) is 0 Å². The highest BCUT2D eigenvalue weighted by Gasteiger charge is 2.15. The van der Waals surface area contributed by atoms with Crippen LogP contribution < -0.4 is 11.1 Å². The van der Waals surface area contributed by atoms with Gasteiger partial charge in [-0.3, -0.25) is 14.9 Å². The molecule has 0 heterocycles. The van der Waals surface area contributed by atoms with Gasteiger partial charge < -0.3 is 20.7 Å². The van der Waals surface area contributed by atoms with E-state index in [9.17, 15) is 14.9 Å². The van der Waals surface area contributed by atoms with E-state index in [2.05, 4.69) is 5.32 Å². The monoisotopic (exact) mass is 296 g/mol. The first-order valence-corrected chi connectivity index (χ1v) is 6.46. The molecule has 1 aromatic rings. The third-order valence-electron chi connectivity index (χ3n) is 2.72. The van der Waals surface area contributed by atoms with Crippen molar-refractivity contribution in [3.05, 3.63) is 33.9 Å². The molecule has 21 heavy (non-hydrogen) atoms. The second-order valence-corrected chi connectivity index (χ2v) is 4.70. The number of nitrogens with two attached hydrogens (primary N) is 1. The van der Waals surface area contributed by atoms with Gasteiger partial charge >= 0.3 is 0 Å². The SMILES string of the molecule is CN(C)CCOCCNc1cc(C(N)=O)ccc1[N+](=O)[O-]. The normalized spacial score (nSPS) is 10.6. The third-order valence-corrected chi connectivity index (χ3v) is 2.72. The average molecular weight is 296 g/mol. The van der Waals surface area contributed by atoms with Crippen LogP contribution in [0.1, 0.15) is 10.4 Å². The molecule has 8 heteroatoms. The number of nitro benzene ring substituents is 1. The number of carbonyl (C=O) groups excluding carboxylic acids is 1. The number of nitrogens with zero attached hydrogens (tertiary/aromatic N) is 2. The quantitative estimate of drug-likeness (QED) is 0.394. The number of hydrogen-bond donors (Lipinski definition) is 2. The van der Waals surface area contributed by atoms with Crippen molar-refractivity contribution in [2.45, 2.75) is 0 Å². The maximum absolute atomic E-state index is 11.1. The molecule has 1 amide bonds. The number of amides is 1. The van der Waals surface area contributed by atoms with Gasteiger partial charge in [-0.15, -0.1) is 0 Å². The van der Waals surface area contributed by atoms with Crippen LogP contribution in [0.15, 0.2) is 18.2 Å². The minimum absolute atomic E-state index is 0.103. The Morgan fingerprint density at radius 3 is 2.71 bits per heavy atom. The van der Waals surface area contributed by atoms with E-state index in [-0.39, 0.29) is 16.9 Å². The molecule has 0 aliphatic carbocycles. The van der Waals surface area contributed by atoms with Gasteiger partial charge in [0.1, 0.15) is 5.69 Å². The van der Waals surface area contributed by atoms with Gasteiger partial charge in [0.15, 0.2) is 0 Å². The smallest absolute Gasteiger partial charge is 0.292 e. The number of rotatable bonds is 9. The first-order chi connectivity index (χ1) is 9.91. The van der Waals surface area contributed by atoms with Crippen LogP contribution in [0.4, 0.5) is 11.4 Å². The van der Waals surface area contributed by atoms with E-state index >= 15 is 0 Å². The van der Waals surface area contributed by atoms with Crippen molar-refractivity contribution >= 4 is 17.3 Å². The summed E-state index contributed by atoms with van der Waals surface area (Å²) in [6.07, 6.45) is 0. The fraction of sp³-hybridized carbons (Fsp3) is 0.462. The van der Waals surface area contributed by atoms with Crippen LogP contribution >= 0.6 is 0 Å². The largest absolute Gasteiger partial charge is 0.378 e. The summed E-state index contributed by atoms with van der Waals surface area (Å²) >= 11 is 0. The lowest BCUT2D eigenvalue weighted by molar-refractivity contribution is -0.384. The van der Waals surface area contributed by atoms with E-state index in [4.69, 9.17) is 10.5 Å². The second-order valence-electron chi connectivity index (χ2n) is 4.70. The number of nitrogens with one attached hydrogen (secondary N) is 1. The highest BCUT2D eigenvalue weighted by atomic mass is 16.6. The minimum Gasteiger partial charge on any atom is -0.378 e. The van der Waals surface area contributed by atoms with Gasteiger partial charge in [0, 0.05) is 24.7 Å². The Balaban J connectivity index is 2.57. The lowest BCUT2D eigenvalue weighted by atomic mass is 10.1. The number of nitro groups is 1.